The molecule has 0 aliphatic heterocycles. The molecule has 2 atom stereocenters. The van der Waals surface area contributed by atoms with Gasteiger partial charge in [0.15, 0.2) is 11.6 Å². The molecule has 0 amide bonds. The molecule has 1 saturated carbocycles. The molecule has 0 bridgehead atoms. The predicted molar refractivity (Wildman–Crippen MR) is 123 cm³/mol. The number of hydrogen-bond acceptors (Lipinski definition) is 5. The van der Waals surface area contributed by atoms with Crippen LogP contribution < -0.4 is 4.74 Å². The summed E-state index contributed by atoms with van der Waals surface area (Å²) in [5, 5.41) is 11.9. The SMILES string of the molecule is Cc1ccc([C@]23CCCC(=O)[C@@]2(O)C(=O)c2c(OCc4ccccc4)cccc2C3=O)cc1. The molecule has 3 aromatic rings. The van der Waals surface area contributed by atoms with Gasteiger partial charge in [0.1, 0.15) is 17.8 Å². The van der Waals surface area contributed by atoms with Crippen molar-refractivity contribution in [3.63, 3.8) is 0 Å². The maximum atomic E-state index is 14.1. The van der Waals surface area contributed by atoms with E-state index in [0.717, 1.165) is 11.1 Å². The largest absolute Gasteiger partial charge is 0.488 e. The van der Waals surface area contributed by atoms with Crippen molar-refractivity contribution in [1.29, 1.82) is 0 Å². The Bertz CT molecular complexity index is 1260. The lowest BCUT2D eigenvalue weighted by molar-refractivity contribution is -0.141. The van der Waals surface area contributed by atoms with Crippen molar-refractivity contribution in [3.05, 3.63) is 101 Å². The Kier molecular flexibility index (Phi) is 5.02. The van der Waals surface area contributed by atoms with Crippen LogP contribution in [0.2, 0.25) is 0 Å². The quantitative estimate of drug-likeness (QED) is 0.609. The lowest BCUT2D eigenvalue weighted by Crippen LogP contribution is -2.69. The Labute approximate surface area is 192 Å². The van der Waals surface area contributed by atoms with Gasteiger partial charge in [-0.05, 0) is 37.0 Å². The fraction of sp³-hybridized carbons (Fsp3) is 0.250. The minimum atomic E-state index is -2.46. The van der Waals surface area contributed by atoms with Crippen LogP contribution in [0.3, 0.4) is 0 Å². The van der Waals surface area contributed by atoms with Gasteiger partial charge in [-0.25, -0.2) is 0 Å². The standard InChI is InChI=1S/C28H24O5/c1-18-12-14-20(15-13-18)27-16-6-11-23(29)28(27,32)26(31)24-21(25(27)30)9-5-10-22(24)33-17-19-7-3-2-4-8-19/h2-5,7-10,12-15,32H,6,11,16-17H2,1H3/t27-,28+/m0/s1. The first kappa shape index (κ1) is 21.3. The molecule has 0 radical (unpaired) electrons. The highest BCUT2D eigenvalue weighted by Gasteiger charge is 2.69. The minimum Gasteiger partial charge on any atom is -0.488 e. The van der Waals surface area contributed by atoms with Gasteiger partial charge in [-0.15, -0.1) is 0 Å². The van der Waals surface area contributed by atoms with Crippen LogP contribution in [0.15, 0.2) is 72.8 Å². The Hall–Kier alpha value is -3.57. The lowest BCUT2D eigenvalue weighted by Gasteiger charge is -2.50. The van der Waals surface area contributed by atoms with Crippen molar-refractivity contribution in [3.8, 4) is 5.75 Å². The first-order chi connectivity index (χ1) is 15.9. The summed E-state index contributed by atoms with van der Waals surface area (Å²) in [5.74, 6) is -1.59. The Balaban J connectivity index is 1.68. The Morgan fingerprint density at radius 1 is 0.879 bits per heavy atom. The van der Waals surface area contributed by atoms with E-state index in [9.17, 15) is 19.5 Å². The van der Waals surface area contributed by atoms with E-state index in [4.69, 9.17) is 4.74 Å². The van der Waals surface area contributed by atoms with Crippen LogP contribution in [0.5, 0.6) is 5.75 Å². The lowest BCUT2D eigenvalue weighted by atomic mass is 9.51. The summed E-state index contributed by atoms with van der Waals surface area (Å²) in [7, 11) is 0. The van der Waals surface area contributed by atoms with E-state index in [-0.39, 0.29) is 36.3 Å². The minimum absolute atomic E-state index is 0.0149. The van der Waals surface area contributed by atoms with Crippen LogP contribution in [0.4, 0.5) is 0 Å². The van der Waals surface area contributed by atoms with E-state index in [2.05, 4.69) is 0 Å². The average molecular weight is 440 g/mol. The number of aryl methyl sites for hydroxylation is 1. The highest BCUT2D eigenvalue weighted by Crippen LogP contribution is 2.53. The van der Waals surface area contributed by atoms with Crippen LogP contribution in [-0.2, 0) is 16.8 Å². The van der Waals surface area contributed by atoms with Gasteiger partial charge in [0.2, 0.25) is 11.4 Å². The summed E-state index contributed by atoms with van der Waals surface area (Å²) in [5.41, 5.74) is -1.57. The van der Waals surface area contributed by atoms with E-state index in [1.165, 1.54) is 0 Å². The summed E-state index contributed by atoms with van der Waals surface area (Å²) in [6.07, 6.45) is 0.691. The zero-order chi connectivity index (χ0) is 23.2. The molecule has 33 heavy (non-hydrogen) atoms. The molecule has 2 aliphatic rings. The highest BCUT2D eigenvalue weighted by molar-refractivity contribution is 6.32. The molecule has 0 spiro atoms. The van der Waals surface area contributed by atoms with E-state index in [0.29, 0.717) is 12.0 Å². The second-order valence-electron chi connectivity index (χ2n) is 8.87. The first-order valence-corrected chi connectivity index (χ1v) is 11.1. The van der Waals surface area contributed by atoms with Crippen LogP contribution in [0.1, 0.15) is 56.7 Å². The summed E-state index contributed by atoms with van der Waals surface area (Å²) in [6.45, 7) is 2.10. The van der Waals surface area contributed by atoms with Crippen molar-refractivity contribution in [2.45, 2.75) is 43.8 Å². The van der Waals surface area contributed by atoms with E-state index < -0.39 is 28.4 Å². The van der Waals surface area contributed by atoms with Crippen LogP contribution in [0, 0.1) is 6.92 Å². The molecule has 5 nitrogen and oxygen atoms in total. The summed E-state index contributed by atoms with van der Waals surface area (Å²) >= 11 is 0. The zero-order valence-electron chi connectivity index (χ0n) is 18.3. The third-order valence-electron chi connectivity index (χ3n) is 6.97. The number of hydrogen-bond donors (Lipinski definition) is 1. The molecule has 1 fully saturated rings. The number of fused-ring (bicyclic) bond motifs is 2. The van der Waals surface area contributed by atoms with Gasteiger partial charge >= 0.3 is 0 Å². The smallest absolute Gasteiger partial charge is 0.207 e. The molecule has 3 aromatic carbocycles. The molecule has 0 heterocycles. The van der Waals surface area contributed by atoms with Gasteiger partial charge in [0.25, 0.3) is 0 Å². The monoisotopic (exact) mass is 440 g/mol. The number of Topliss-reactive ketones (excluding diaryl/α,β-unsaturated/α-hetero) is 3. The van der Waals surface area contributed by atoms with Gasteiger partial charge in [-0.3, -0.25) is 14.4 Å². The molecular formula is C28H24O5. The molecule has 0 unspecified atom stereocenters. The Morgan fingerprint density at radius 2 is 1.61 bits per heavy atom. The fourth-order valence-electron chi connectivity index (χ4n) is 5.26. The highest BCUT2D eigenvalue weighted by atomic mass is 16.5. The number of ether oxygens (including phenoxy) is 1. The van der Waals surface area contributed by atoms with E-state index >= 15 is 0 Å². The number of carbonyl (C=O) groups is 3. The predicted octanol–water partition coefficient (Wildman–Crippen LogP) is 4.38. The van der Waals surface area contributed by atoms with E-state index in [1.54, 1.807) is 30.3 Å². The van der Waals surface area contributed by atoms with Gasteiger partial charge in [-0.1, -0.05) is 72.3 Å². The van der Waals surface area contributed by atoms with Crippen molar-refractivity contribution in [1.82, 2.24) is 0 Å². The molecule has 1 N–H and O–H groups in total. The zero-order valence-corrected chi connectivity index (χ0v) is 18.3. The summed E-state index contributed by atoms with van der Waals surface area (Å²) in [4.78, 5) is 41.2. The van der Waals surface area contributed by atoms with Gasteiger partial charge in [0.05, 0.1) is 5.56 Å². The molecule has 2 aliphatic carbocycles. The molecule has 0 saturated heterocycles. The number of rotatable bonds is 4. The molecule has 5 rings (SSSR count). The second-order valence-corrected chi connectivity index (χ2v) is 8.87. The number of aliphatic hydroxyl groups is 1. The number of ketones is 3. The van der Waals surface area contributed by atoms with Crippen LogP contribution in [-0.4, -0.2) is 28.1 Å². The summed E-state index contributed by atoms with van der Waals surface area (Å²) < 4.78 is 5.93. The topological polar surface area (TPSA) is 80.7 Å². The van der Waals surface area contributed by atoms with E-state index in [1.807, 2.05) is 49.4 Å². The molecular weight excluding hydrogens is 416 g/mol. The van der Waals surface area contributed by atoms with Crippen molar-refractivity contribution in [2.75, 3.05) is 0 Å². The van der Waals surface area contributed by atoms with Gasteiger partial charge in [0, 0.05) is 12.0 Å². The van der Waals surface area contributed by atoms with Crippen molar-refractivity contribution >= 4 is 17.3 Å². The summed E-state index contributed by atoms with van der Waals surface area (Å²) in [6, 6.07) is 21.4. The van der Waals surface area contributed by atoms with Crippen molar-refractivity contribution < 1.29 is 24.2 Å². The second kappa shape index (κ2) is 7.78. The first-order valence-electron chi connectivity index (χ1n) is 11.1. The fourth-order valence-corrected chi connectivity index (χ4v) is 5.26. The third-order valence-corrected chi connectivity index (χ3v) is 6.97. The van der Waals surface area contributed by atoms with Crippen LogP contribution >= 0.6 is 0 Å². The third kappa shape index (κ3) is 3.00. The number of benzene rings is 3. The normalized spacial score (nSPS) is 24.2. The van der Waals surface area contributed by atoms with Gasteiger partial charge < -0.3 is 9.84 Å². The van der Waals surface area contributed by atoms with Gasteiger partial charge in [-0.2, -0.15) is 0 Å². The molecule has 0 aromatic heterocycles. The maximum absolute atomic E-state index is 14.1. The molecule has 166 valence electrons. The van der Waals surface area contributed by atoms with Crippen molar-refractivity contribution in [2.24, 2.45) is 0 Å². The average Bonchev–Trinajstić information content (AvgIpc) is 2.84. The number of carbonyl (C=O) groups excluding carboxylic acids is 3. The molecule has 5 heteroatoms. The Morgan fingerprint density at radius 3 is 2.33 bits per heavy atom. The van der Waals surface area contributed by atoms with Crippen LogP contribution in [0.25, 0.3) is 0 Å². The maximum Gasteiger partial charge on any atom is 0.207 e.